The third kappa shape index (κ3) is 2.65. The number of piperidine rings is 1. The molecule has 124 valence electrons. The number of benzene rings is 1. The van der Waals surface area contributed by atoms with Gasteiger partial charge in [-0.25, -0.2) is 4.39 Å². The van der Waals surface area contributed by atoms with E-state index in [4.69, 9.17) is 23.2 Å². The average molecular weight is 382 g/mol. The van der Waals surface area contributed by atoms with Gasteiger partial charge in [-0.3, -0.25) is 4.98 Å². The van der Waals surface area contributed by atoms with Crippen LogP contribution in [0.2, 0.25) is 10.0 Å². The zero-order chi connectivity index (χ0) is 16.7. The van der Waals surface area contributed by atoms with Crippen molar-refractivity contribution in [2.45, 2.75) is 19.3 Å². The highest BCUT2D eigenvalue weighted by Crippen LogP contribution is 2.42. The van der Waals surface area contributed by atoms with E-state index in [9.17, 15) is 0 Å². The fraction of sp³-hybridized carbons (Fsp3) is 0.294. The summed E-state index contributed by atoms with van der Waals surface area (Å²) in [7, 11) is 0. The lowest BCUT2D eigenvalue weighted by Crippen LogP contribution is -2.28. The summed E-state index contributed by atoms with van der Waals surface area (Å²) >= 11 is 13.9. The normalized spacial score (nSPS) is 15.2. The van der Waals surface area contributed by atoms with Gasteiger partial charge in [0, 0.05) is 24.7 Å². The van der Waals surface area contributed by atoms with Gasteiger partial charge < -0.3 is 4.90 Å². The molecule has 7 heteroatoms. The van der Waals surface area contributed by atoms with Crippen LogP contribution < -0.4 is 4.90 Å². The molecular weight excluding hydrogens is 368 g/mol. The molecule has 0 atom stereocenters. The predicted molar refractivity (Wildman–Crippen MR) is 98.9 cm³/mol. The largest absolute Gasteiger partial charge is 0.362 e. The molecule has 3 nitrogen and oxygen atoms in total. The Morgan fingerprint density at radius 2 is 1.92 bits per heavy atom. The second-order valence-electron chi connectivity index (χ2n) is 5.81. The number of hydrogen-bond donors (Lipinski definition) is 0. The first-order valence-corrected chi connectivity index (χ1v) is 9.33. The number of hydrogen-bond acceptors (Lipinski definition) is 4. The number of halogens is 3. The number of aromatic nitrogens is 2. The Morgan fingerprint density at radius 3 is 2.67 bits per heavy atom. The summed E-state index contributed by atoms with van der Waals surface area (Å²) < 4.78 is 19.5. The fourth-order valence-corrected chi connectivity index (χ4v) is 4.52. The number of pyridine rings is 1. The average Bonchev–Trinajstić information content (AvgIpc) is 3.01. The number of nitrogens with zero attached hydrogens (tertiary/aromatic N) is 3. The van der Waals surface area contributed by atoms with Crippen molar-refractivity contribution in [1.82, 2.24) is 9.36 Å². The molecule has 3 aromatic rings. The molecule has 0 bridgehead atoms. The highest BCUT2D eigenvalue weighted by molar-refractivity contribution is 7.11. The summed E-state index contributed by atoms with van der Waals surface area (Å²) in [4.78, 5) is 6.45. The Balaban J connectivity index is 1.89. The molecule has 1 aliphatic rings. The van der Waals surface area contributed by atoms with Crippen LogP contribution in [0, 0.1) is 5.82 Å². The molecule has 0 N–H and O–H groups in total. The van der Waals surface area contributed by atoms with E-state index in [0.717, 1.165) is 36.3 Å². The highest BCUT2D eigenvalue weighted by Gasteiger charge is 2.23. The van der Waals surface area contributed by atoms with Crippen molar-refractivity contribution in [3.63, 3.8) is 0 Å². The molecule has 2 aromatic heterocycles. The molecule has 0 aliphatic carbocycles. The minimum Gasteiger partial charge on any atom is -0.362 e. The summed E-state index contributed by atoms with van der Waals surface area (Å²) in [5.74, 6) is -0.461. The fourth-order valence-electron chi connectivity index (χ4n) is 3.11. The maximum Gasteiger partial charge on any atom is 0.161 e. The van der Waals surface area contributed by atoms with Crippen LogP contribution in [-0.4, -0.2) is 22.4 Å². The third-order valence-electron chi connectivity index (χ3n) is 4.28. The van der Waals surface area contributed by atoms with Crippen molar-refractivity contribution in [2.24, 2.45) is 0 Å². The number of rotatable bonds is 2. The summed E-state index contributed by atoms with van der Waals surface area (Å²) in [6, 6.07) is 5.16. The van der Waals surface area contributed by atoms with Crippen LogP contribution in [0.1, 0.15) is 19.3 Å². The van der Waals surface area contributed by atoms with Crippen LogP contribution in [-0.2, 0) is 0 Å². The van der Waals surface area contributed by atoms with Crippen LogP contribution >= 0.6 is 34.7 Å². The second kappa shape index (κ2) is 6.47. The first-order chi connectivity index (χ1) is 11.7. The van der Waals surface area contributed by atoms with Crippen molar-refractivity contribution < 1.29 is 4.39 Å². The Kier molecular flexibility index (Phi) is 4.33. The topological polar surface area (TPSA) is 29.0 Å². The third-order valence-corrected chi connectivity index (χ3v) is 5.81. The summed E-state index contributed by atoms with van der Waals surface area (Å²) in [5.41, 5.74) is 0.892. The van der Waals surface area contributed by atoms with Gasteiger partial charge in [0.05, 0.1) is 21.3 Å². The first-order valence-electron chi connectivity index (χ1n) is 7.80. The molecular formula is C17H14Cl2FN3S. The maximum atomic E-state index is 15.1. The van der Waals surface area contributed by atoms with E-state index in [1.54, 1.807) is 24.4 Å². The van der Waals surface area contributed by atoms with E-state index in [1.165, 1.54) is 18.0 Å². The molecule has 0 spiro atoms. The van der Waals surface area contributed by atoms with Crippen LogP contribution in [0.15, 0.2) is 24.4 Å². The molecule has 0 radical (unpaired) electrons. The second-order valence-corrected chi connectivity index (χ2v) is 7.38. The molecule has 4 rings (SSSR count). The molecule has 24 heavy (non-hydrogen) atoms. The van der Waals surface area contributed by atoms with Gasteiger partial charge in [-0.15, -0.1) is 0 Å². The van der Waals surface area contributed by atoms with Crippen molar-refractivity contribution in [3.05, 3.63) is 40.3 Å². The van der Waals surface area contributed by atoms with Crippen molar-refractivity contribution >= 4 is 50.6 Å². The van der Waals surface area contributed by atoms with Crippen LogP contribution in [0.4, 0.5) is 9.39 Å². The molecule has 1 fully saturated rings. The van der Waals surface area contributed by atoms with Crippen LogP contribution in [0.25, 0.3) is 22.2 Å². The number of anilines is 1. The Labute approximate surface area is 153 Å². The summed E-state index contributed by atoms with van der Waals surface area (Å²) in [6.45, 7) is 1.95. The van der Waals surface area contributed by atoms with E-state index in [1.807, 2.05) is 0 Å². The van der Waals surface area contributed by atoms with Gasteiger partial charge in [0.1, 0.15) is 10.5 Å². The van der Waals surface area contributed by atoms with E-state index < -0.39 is 5.82 Å². The molecule has 0 unspecified atom stereocenters. The molecule has 1 saturated heterocycles. The van der Waals surface area contributed by atoms with Gasteiger partial charge >= 0.3 is 0 Å². The Hall–Kier alpha value is -1.43. The molecule has 3 heterocycles. The zero-order valence-electron chi connectivity index (χ0n) is 12.7. The summed E-state index contributed by atoms with van der Waals surface area (Å²) in [5, 5.41) is 2.42. The van der Waals surface area contributed by atoms with Crippen LogP contribution in [0.5, 0.6) is 0 Å². The lowest BCUT2D eigenvalue weighted by atomic mass is 10.1. The van der Waals surface area contributed by atoms with E-state index in [2.05, 4.69) is 14.3 Å². The van der Waals surface area contributed by atoms with E-state index in [-0.39, 0.29) is 5.56 Å². The van der Waals surface area contributed by atoms with E-state index in [0.29, 0.717) is 21.3 Å². The molecule has 0 amide bonds. The standard InChI is InChI=1S/C17H14Cl2FN3S/c18-11-5-4-6-21-16(11)13-12(19)9-10-15(14(13)20)22-24-17(10)23-7-2-1-3-8-23/h4-6,9H,1-3,7-8H2. The van der Waals surface area contributed by atoms with Gasteiger partial charge in [-0.1, -0.05) is 23.2 Å². The Morgan fingerprint density at radius 1 is 1.12 bits per heavy atom. The van der Waals surface area contributed by atoms with Crippen molar-refractivity contribution in [3.8, 4) is 11.3 Å². The monoisotopic (exact) mass is 381 g/mol. The number of fused-ring (bicyclic) bond motifs is 1. The molecule has 1 aliphatic heterocycles. The zero-order valence-corrected chi connectivity index (χ0v) is 15.1. The van der Waals surface area contributed by atoms with Crippen LogP contribution in [0.3, 0.4) is 0 Å². The van der Waals surface area contributed by atoms with Gasteiger partial charge in [-0.2, -0.15) is 4.37 Å². The molecule has 1 aromatic carbocycles. The smallest absolute Gasteiger partial charge is 0.161 e. The van der Waals surface area contributed by atoms with Gasteiger partial charge in [0.25, 0.3) is 0 Å². The minimum absolute atomic E-state index is 0.213. The van der Waals surface area contributed by atoms with E-state index >= 15 is 4.39 Å². The Bertz CT molecular complexity index is 906. The maximum absolute atomic E-state index is 15.1. The van der Waals surface area contributed by atoms with Gasteiger partial charge in [0.2, 0.25) is 0 Å². The lowest BCUT2D eigenvalue weighted by molar-refractivity contribution is 0.581. The molecule has 0 saturated carbocycles. The summed E-state index contributed by atoms with van der Waals surface area (Å²) in [6.07, 6.45) is 5.11. The predicted octanol–water partition coefficient (Wildman–Crippen LogP) is 5.79. The van der Waals surface area contributed by atoms with Gasteiger partial charge in [0.15, 0.2) is 5.82 Å². The SMILES string of the molecule is Fc1c(-c2ncccc2Cl)c(Cl)cc2c(N3CCCCC3)snc12. The van der Waals surface area contributed by atoms with Gasteiger partial charge in [-0.05, 0) is 49.0 Å². The van der Waals surface area contributed by atoms with Crippen molar-refractivity contribution in [2.75, 3.05) is 18.0 Å². The first kappa shape index (κ1) is 16.1. The quantitative estimate of drug-likeness (QED) is 0.561. The van der Waals surface area contributed by atoms with Crippen molar-refractivity contribution in [1.29, 1.82) is 0 Å². The minimum atomic E-state index is -0.461. The highest BCUT2D eigenvalue weighted by atomic mass is 35.5. The lowest BCUT2D eigenvalue weighted by Gasteiger charge is -2.27.